The minimum absolute atomic E-state index is 0.0277. The van der Waals surface area contributed by atoms with Gasteiger partial charge in [-0.2, -0.15) is 13.2 Å². The van der Waals surface area contributed by atoms with Crippen molar-refractivity contribution in [3.8, 4) is 11.3 Å². The first-order valence-corrected chi connectivity index (χ1v) is 12.1. The molecule has 1 aromatic heterocycles. The molecule has 0 saturated heterocycles. The Morgan fingerprint density at radius 2 is 1.65 bits per heavy atom. The highest BCUT2D eigenvalue weighted by atomic mass is 35.5. The van der Waals surface area contributed by atoms with Gasteiger partial charge >= 0.3 is 6.18 Å². The van der Waals surface area contributed by atoms with Crippen LogP contribution >= 0.6 is 11.6 Å². The number of nitrogens with one attached hydrogen (secondary N) is 1. The van der Waals surface area contributed by atoms with Crippen LogP contribution in [0.2, 0.25) is 5.02 Å². The van der Waals surface area contributed by atoms with Crippen LogP contribution in [-0.2, 0) is 26.0 Å². The van der Waals surface area contributed by atoms with Gasteiger partial charge in [-0.1, -0.05) is 23.7 Å². The summed E-state index contributed by atoms with van der Waals surface area (Å²) in [4.78, 5) is -0.730. The lowest BCUT2D eigenvalue weighted by atomic mass is 10.1. The Bertz CT molecular complexity index is 1340. The molecule has 0 spiro atoms. The molecule has 3 aromatic rings. The molecule has 0 saturated carbocycles. The summed E-state index contributed by atoms with van der Waals surface area (Å²) >= 11 is 5.82. The van der Waals surface area contributed by atoms with Gasteiger partial charge in [0.05, 0.1) is 16.3 Å². The van der Waals surface area contributed by atoms with Crippen LogP contribution in [0.15, 0.2) is 64.5 Å². The summed E-state index contributed by atoms with van der Waals surface area (Å²) in [7, 11) is -7.99. The highest BCUT2D eigenvalue weighted by Crippen LogP contribution is 2.34. The van der Waals surface area contributed by atoms with Gasteiger partial charge in [0.15, 0.2) is 14.9 Å². The number of nitrogens with zero attached hydrogens (tertiary/aromatic N) is 2. The zero-order valence-electron chi connectivity index (χ0n) is 15.6. The Labute approximate surface area is 180 Å². The van der Waals surface area contributed by atoms with Gasteiger partial charge in [0.25, 0.3) is 10.0 Å². The van der Waals surface area contributed by atoms with Gasteiger partial charge in [-0.05, 0) is 42.5 Å². The zero-order valence-corrected chi connectivity index (χ0v) is 17.9. The van der Waals surface area contributed by atoms with E-state index in [2.05, 4.69) is 14.9 Å². The first-order valence-electron chi connectivity index (χ1n) is 8.31. The van der Waals surface area contributed by atoms with Crippen LogP contribution in [0.3, 0.4) is 0 Å². The number of sulfonamides is 1. The first kappa shape index (κ1) is 23.0. The lowest BCUT2D eigenvalue weighted by molar-refractivity contribution is -0.137. The van der Waals surface area contributed by atoms with Crippen molar-refractivity contribution in [2.24, 2.45) is 0 Å². The van der Waals surface area contributed by atoms with E-state index in [1.54, 1.807) is 6.07 Å². The standard InChI is InChI=1S/C18H13ClF3N3O4S2/c1-30(26,27)17-8-7-15(23-24-17)11-3-2-4-13(9-11)25-31(28,29)16-10-12(18(20,21)22)5-6-14(16)19/h2-10,25H,1H3. The third-order valence-electron chi connectivity index (χ3n) is 3.98. The average molecular weight is 492 g/mol. The molecule has 7 nitrogen and oxygen atoms in total. The maximum atomic E-state index is 12.9. The van der Waals surface area contributed by atoms with E-state index in [-0.39, 0.29) is 21.4 Å². The average Bonchev–Trinajstić information content (AvgIpc) is 2.66. The lowest BCUT2D eigenvalue weighted by Crippen LogP contribution is -2.15. The molecule has 31 heavy (non-hydrogen) atoms. The van der Waals surface area contributed by atoms with Crippen LogP contribution in [-0.4, -0.2) is 33.3 Å². The maximum Gasteiger partial charge on any atom is 0.416 e. The summed E-state index contributed by atoms with van der Waals surface area (Å²) in [5.41, 5.74) is -0.485. The number of benzene rings is 2. The van der Waals surface area contributed by atoms with Crippen molar-refractivity contribution in [3.63, 3.8) is 0 Å². The maximum absolute atomic E-state index is 12.9. The van der Waals surface area contributed by atoms with E-state index in [1.165, 1.54) is 30.3 Å². The number of rotatable bonds is 5. The fraction of sp³-hybridized carbons (Fsp3) is 0.111. The van der Waals surface area contributed by atoms with Crippen molar-refractivity contribution in [2.75, 3.05) is 11.0 Å². The Morgan fingerprint density at radius 1 is 0.935 bits per heavy atom. The van der Waals surface area contributed by atoms with E-state index in [4.69, 9.17) is 11.6 Å². The minimum Gasteiger partial charge on any atom is -0.280 e. The molecular formula is C18H13ClF3N3O4S2. The number of anilines is 1. The highest BCUT2D eigenvalue weighted by Gasteiger charge is 2.32. The van der Waals surface area contributed by atoms with Crippen LogP contribution in [0.25, 0.3) is 11.3 Å². The Hall–Kier alpha value is -2.70. The number of sulfone groups is 1. The number of aromatic nitrogens is 2. The molecular weight excluding hydrogens is 479 g/mol. The number of hydrogen-bond acceptors (Lipinski definition) is 6. The molecule has 0 amide bonds. The van der Waals surface area contributed by atoms with Crippen LogP contribution < -0.4 is 4.72 Å². The first-order chi connectivity index (χ1) is 14.3. The van der Waals surface area contributed by atoms with E-state index in [9.17, 15) is 30.0 Å². The summed E-state index contributed by atoms with van der Waals surface area (Å²) in [5, 5.41) is 6.83. The SMILES string of the molecule is CS(=O)(=O)c1ccc(-c2cccc(NS(=O)(=O)c3cc(C(F)(F)F)ccc3Cl)c2)nn1. The summed E-state index contributed by atoms with van der Waals surface area (Å²) in [6.07, 6.45) is -3.77. The van der Waals surface area contributed by atoms with Crippen molar-refractivity contribution >= 4 is 37.1 Å². The molecule has 0 aliphatic carbocycles. The van der Waals surface area contributed by atoms with Crippen molar-refractivity contribution in [1.82, 2.24) is 10.2 Å². The summed E-state index contributed by atoms with van der Waals surface area (Å²) in [6.45, 7) is 0. The van der Waals surface area contributed by atoms with E-state index in [1.807, 2.05) is 0 Å². The topological polar surface area (TPSA) is 106 Å². The number of hydrogen-bond donors (Lipinski definition) is 1. The van der Waals surface area contributed by atoms with Crippen molar-refractivity contribution in [1.29, 1.82) is 0 Å². The van der Waals surface area contributed by atoms with Gasteiger partial charge in [-0.3, -0.25) is 4.72 Å². The second-order valence-corrected chi connectivity index (χ2v) is 10.4. The van der Waals surface area contributed by atoms with Crippen molar-refractivity contribution < 1.29 is 30.0 Å². The van der Waals surface area contributed by atoms with Gasteiger partial charge in [0, 0.05) is 17.5 Å². The van der Waals surface area contributed by atoms with Gasteiger partial charge in [-0.15, -0.1) is 10.2 Å². The second-order valence-electron chi connectivity index (χ2n) is 6.36. The molecule has 0 fully saturated rings. The van der Waals surface area contributed by atoms with Gasteiger partial charge in [0.1, 0.15) is 4.90 Å². The fourth-order valence-electron chi connectivity index (χ4n) is 2.51. The predicted octanol–water partition coefficient (Wildman–Crippen LogP) is 4.02. The molecule has 0 radical (unpaired) electrons. The largest absolute Gasteiger partial charge is 0.416 e. The highest BCUT2D eigenvalue weighted by molar-refractivity contribution is 7.92. The summed E-state index contributed by atoms with van der Waals surface area (Å²) in [5.74, 6) is 0. The van der Waals surface area contributed by atoms with Crippen LogP contribution in [0, 0.1) is 0 Å². The Balaban J connectivity index is 1.94. The Kier molecular flexibility index (Phi) is 6.00. The molecule has 3 rings (SSSR count). The van der Waals surface area contributed by atoms with Crippen molar-refractivity contribution in [2.45, 2.75) is 16.1 Å². The molecule has 1 heterocycles. The van der Waals surface area contributed by atoms with E-state index < -0.39 is 36.5 Å². The van der Waals surface area contributed by atoms with Crippen LogP contribution in [0.4, 0.5) is 18.9 Å². The van der Waals surface area contributed by atoms with Crippen molar-refractivity contribution in [3.05, 3.63) is 65.2 Å². The van der Waals surface area contributed by atoms with E-state index in [0.29, 0.717) is 17.7 Å². The molecule has 13 heteroatoms. The molecule has 0 atom stereocenters. The zero-order chi connectivity index (χ0) is 23.0. The lowest BCUT2D eigenvalue weighted by Gasteiger charge is -2.13. The molecule has 164 valence electrons. The molecule has 2 aromatic carbocycles. The molecule has 0 unspecified atom stereocenters. The fourth-order valence-corrected chi connectivity index (χ4v) is 4.59. The number of halogens is 4. The van der Waals surface area contributed by atoms with Gasteiger partial charge in [0.2, 0.25) is 0 Å². The summed E-state index contributed by atoms with van der Waals surface area (Å²) < 4.78 is 89.3. The third kappa shape index (κ3) is 5.32. The summed E-state index contributed by atoms with van der Waals surface area (Å²) in [6, 6.07) is 10.4. The molecule has 0 bridgehead atoms. The Morgan fingerprint density at radius 3 is 2.23 bits per heavy atom. The van der Waals surface area contributed by atoms with E-state index >= 15 is 0 Å². The molecule has 0 aliphatic rings. The van der Waals surface area contributed by atoms with Gasteiger partial charge in [-0.25, -0.2) is 16.8 Å². The monoisotopic (exact) mass is 491 g/mol. The van der Waals surface area contributed by atoms with Crippen LogP contribution in [0.5, 0.6) is 0 Å². The molecule has 0 aliphatic heterocycles. The third-order valence-corrected chi connectivity index (χ3v) is 6.82. The van der Waals surface area contributed by atoms with E-state index in [0.717, 1.165) is 12.3 Å². The minimum atomic E-state index is -4.74. The van der Waals surface area contributed by atoms with Gasteiger partial charge < -0.3 is 0 Å². The predicted molar refractivity (Wildman–Crippen MR) is 108 cm³/mol. The van der Waals surface area contributed by atoms with Crippen LogP contribution in [0.1, 0.15) is 5.56 Å². The normalized spacial score (nSPS) is 12.5. The second kappa shape index (κ2) is 8.09. The molecule has 1 N–H and O–H groups in total. The smallest absolute Gasteiger partial charge is 0.280 e. The number of alkyl halides is 3. The quantitative estimate of drug-likeness (QED) is 0.578.